The zero-order valence-corrected chi connectivity index (χ0v) is 7.94. The molecule has 4 heteroatoms. The first-order valence-electron chi connectivity index (χ1n) is 4.71. The van der Waals surface area contributed by atoms with Crippen LogP contribution in [0, 0.1) is 0 Å². The van der Waals surface area contributed by atoms with Crippen LogP contribution in [0.1, 0.15) is 16.1 Å². The van der Waals surface area contributed by atoms with Crippen molar-refractivity contribution in [1.29, 1.82) is 0 Å². The summed E-state index contributed by atoms with van der Waals surface area (Å²) in [6.45, 7) is 4.31. The van der Waals surface area contributed by atoms with E-state index in [2.05, 4.69) is 4.90 Å². The summed E-state index contributed by atoms with van der Waals surface area (Å²) in [5, 5.41) is 0. The van der Waals surface area contributed by atoms with Gasteiger partial charge in [0.1, 0.15) is 0 Å². The quantitative estimate of drug-likeness (QED) is 0.673. The summed E-state index contributed by atoms with van der Waals surface area (Å²) in [7, 11) is 0. The standard InChI is InChI=1S/C10H13NO3/c12-7-10-5-9(8-14-10)6-11-1-3-13-4-2-11/h5,7-8H,1-4,6H2. The molecule has 2 heterocycles. The Bertz CT molecular complexity index is 302. The number of ether oxygens (including phenoxy) is 1. The minimum Gasteiger partial charge on any atom is -0.461 e. The summed E-state index contributed by atoms with van der Waals surface area (Å²) in [6, 6.07) is 1.78. The molecule has 0 aromatic carbocycles. The molecule has 2 rings (SSSR count). The van der Waals surface area contributed by atoms with Crippen molar-refractivity contribution in [3.8, 4) is 0 Å². The van der Waals surface area contributed by atoms with Crippen molar-refractivity contribution in [3.63, 3.8) is 0 Å². The molecule has 0 radical (unpaired) electrons. The van der Waals surface area contributed by atoms with E-state index in [1.807, 2.05) is 0 Å². The molecule has 1 aliphatic heterocycles. The number of carbonyl (C=O) groups is 1. The van der Waals surface area contributed by atoms with E-state index in [4.69, 9.17) is 9.15 Å². The summed E-state index contributed by atoms with van der Waals surface area (Å²) >= 11 is 0. The maximum Gasteiger partial charge on any atom is 0.185 e. The lowest BCUT2D eigenvalue weighted by Gasteiger charge is -2.25. The van der Waals surface area contributed by atoms with E-state index in [0.717, 1.165) is 44.7 Å². The predicted molar refractivity (Wildman–Crippen MR) is 50.2 cm³/mol. The summed E-state index contributed by atoms with van der Waals surface area (Å²) in [4.78, 5) is 12.7. The maximum atomic E-state index is 10.4. The molecule has 1 saturated heterocycles. The Labute approximate surface area is 82.4 Å². The Morgan fingerprint density at radius 3 is 2.86 bits per heavy atom. The summed E-state index contributed by atoms with van der Waals surface area (Å²) in [5.74, 6) is 0.397. The third kappa shape index (κ3) is 2.21. The molecule has 76 valence electrons. The maximum absolute atomic E-state index is 10.4. The van der Waals surface area contributed by atoms with Crippen LogP contribution in [0.5, 0.6) is 0 Å². The zero-order chi connectivity index (χ0) is 9.80. The summed E-state index contributed by atoms with van der Waals surface area (Å²) in [6.07, 6.45) is 2.36. The fourth-order valence-corrected chi connectivity index (χ4v) is 1.56. The van der Waals surface area contributed by atoms with E-state index in [1.165, 1.54) is 0 Å². The van der Waals surface area contributed by atoms with Crippen molar-refractivity contribution in [2.75, 3.05) is 26.3 Å². The van der Waals surface area contributed by atoms with Crippen LogP contribution in [-0.2, 0) is 11.3 Å². The van der Waals surface area contributed by atoms with E-state index in [9.17, 15) is 4.79 Å². The molecule has 0 aliphatic carbocycles. The molecule has 14 heavy (non-hydrogen) atoms. The fourth-order valence-electron chi connectivity index (χ4n) is 1.56. The van der Waals surface area contributed by atoms with Crippen LogP contribution in [0.2, 0.25) is 0 Å². The summed E-state index contributed by atoms with van der Waals surface area (Å²) < 4.78 is 10.3. The van der Waals surface area contributed by atoms with Crippen LogP contribution in [0.3, 0.4) is 0 Å². The van der Waals surface area contributed by atoms with Gasteiger partial charge in [-0.15, -0.1) is 0 Å². The predicted octanol–water partition coefficient (Wildman–Crippen LogP) is 0.924. The lowest BCUT2D eigenvalue weighted by atomic mass is 10.3. The number of aldehydes is 1. The van der Waals surface area contributed by atoms with Gasteiger partial charge in [-0.25, -0.2) is 0 Å². The Morgan fingerprint density at radius 2 is 2.21 bits per heavy atom. The lowest BCUT2D eigenvalue weighted by Crippen LogP contribution is -2.35. The van der Waals surface area contributed by atoms with Gasteiger partial charge in [0, 0.05) is 25.2 Å². The van der Waals surface area contributed by atoms with Crippen LogP contribution in [0.25, 0.3) is 0 Å². The molecule has 1 aliphatic rings. The van der Waals surface area contributed by atoms with Gasteiger partial charge in [-0.2, -0.15) is 0 Å². The normalized spacial score (nSPS) is 18.3. The molecule has 1 fully saturated rings. The van der Waals surface area contributed by atoms with Crippen molar-refractivity contribution >= 4 is 6.29 Å². The van der Waals surface area contributed by atoms with Crippen molar-refractivity contribution in [2.24, 2.45) is 0 Å². The first-order valence-corrected chi connectivity index (χ1v) is 4.71. The SMILES string of the molecule is O=Cc1cc(CN2CCOCC2)co1. The average Bonchev–Trinajstić information content (AvgIpc) is 2.67. The fraction of sp³-hybridized carbons (Fsp3) is 0.500. The molecular formula is C10H13NO3. The molecule has 0 bridgehead atoms. The molecule has 0 amide bonds. The second-order valence-electron chi connectivity index (χ2n) is 3.36. The smallest absolute Gasteiger partial charge is 0.185 e. The number of hydrogen-bond acceptors (Lipinski definition) is 4. The van der Waals surface area contributed by atoms with Gasteiger partial charge in [0.2, 0.25) is 0 Å². The number of furan rings is 1. The Hall–Kier alpha value is -1.13. The average molecular weight is 195 g/mol. The van der Waals surface area contributed by atoms with E-state index in [0.29, 0.717) is 5.76 Å². The molecule has 0 unspecified atom stereocenters. The number of morpholine rings is 1. The third-order valence-electron chi connectivity index (χ3n) is 2.30. The minimum absolute atomic E-state index is 0.397. The lowest BCUT2D eigenvalue weighted by molar-refractivity contribution is 0.0341. The number of nitrogens with zero attached hydrogens (tertiary/aromatic N) is 1. The van der Waals surface area contributed by atoms with Crippen LogP contribution in [-0.4, -0.2) is 37.5 Å². The monoisotopic (exact) mass is 195 g/mol. The number of hydrogen-bond donors (Lipinski definition) is 0. The van der Waals surface area contributed by atoms with E-state index in [1.54, 1.807) is 12.3 Å². The third-order valence-corrected chi connectivity index (χ3v) is 2.30. The highest BCUT2D eigenvalue weighted by atomic mass is 16.5. The van der Waals surface area contributed by atoms with Gasteiger partial charge in [-0.1, -0.05) is 0 Å². The van der Waals surface area contributed by atoms with Crippen LogP contribution in [0.4, 0.5) is 0 Å². The van der Waals surface area contributed by atoms with Gasteiger partial charge in [0.05, 0.1) is 19.5 Å². The highest BCUT2D eigenvalue weighted by molar-refractivity contribution is 5.70. The Balaban J connectivity index is 1.92. The minimum atomic E-state index is 0.397. The first kappa shape index (κ1) is 9.43. The van der Waals surface area contributed by atoms with Crippen molar-refractivity contribution in [1.82, 2.24) is 4.90 Å². The van der Waals surface area contributed by atoms with Crippen molar-refractivity contribution < 1.29 is 13.9 Å². The van der Waals surface area contributed by atoms with E-state index < -0.39 is 0 Å². The van der Waals surface area contributed by atoms with Crippen LogP contribution < -0.4 is 0 Å². The van der Waals surface area contributed by atoms with Gasteiger partial charge in [-0.05, 0) is 6.07 Å². The first-order chi connectivity index (χ1) is 6.88. The molecule has 0 atom stereocenters. The van der Waals surface area contributed by atoms with Crippen LogP contribution in [0.15, 0.2) is 16.7 Å². The Morgan fingerprint density at radius 1 is 1.43 bits per heavy atom. The van der Waals surface area contributed by atoms with Crippen LogP contribution >= 0.6 is 0 Å². The number of carbonyl (C=O) groups excluding carboxylic acids is 1. The van der Waals surface area contributed by atoms with E-state index in [-0.39, 0.29) is 0 Å². The van der Waals surface area contributed by atoms with Crippen molar-refractivity contribution in [2.45, 2.75) is 6.54 Å². The second-order valence-corrected chi connectivity index (χ2v) is 3.36. The molecular weight excluding hydrogens is 182 g/mol. The zero-order valence-electron chi connectivity index (χ0n) is 7.94. The van der Waals surface area contributed by atoms with Gasteiger partial charge in [0.15, 0.2) is 12.0 Å². The highest BCUT2D eigenvalue weighted by Crippen LogP contribution is 2.10. The largest absolute Gasteiger partial charge is 0.461 e. The van der Waals surface area contributed by atoms with Crippen molar-refractivity contribution in [3.05, 3.63) is 23.7 Å². The molecule has 4 nitrogen and oxygen atoms in total. The highest BCUT2D eigenvalue weighted by Gasteiger charge is 2.11. The molecule has 1 aromatic heterocycles. The second kappa shape index (κ2) is 4.39. The molecule has 0 saturated carbocycles. The Kier molecular flexibility index (Phi) is 2.96. The van der Waals surface area contributed by atoms with E-state index >= 15 is 0 Å². The summed E-state index contributed by atoms with van der Waals surface area (Å²) in [5.41, 5.74) is 1.05. The van der Waals surface area contributed by atoms with Gasteiger partial charge in [0.25, 0.3) is 0 Å². The van der Waals surface area contributed by atoms with Gasteiger partial charge >= 0.3 is 0 Å². The number of rotatable bonds is 3. The molecule has 0 N–H and O–H groups in total. The topological polar surface area (TPSA) is 42.7 Å². The van der Waals surface area contributed by atoms with Gasteiger partial charge < -0.3 is 9.15 Å². The molecule has 0 spiro atoms. The van der Waals surface area contributed by atoms with Gasteiger partial charge in [-0.3, -0.25) is 9.69 Å². The molecule has 1 aromatic rings.